The summed E-state index contributed by atoms with van der Waals surface area (Å²) in [6.45, 7) is 1.94. The summed E-state index contributed by atoms with van der Waals surface area (Å²) in [5, 5.41) is 2.91. The van der Waals surface area contributed by atoms with E-state index < -0.39 is 0 Å². The molecule has 0 saturated carbocycles. The number of halogens is 1. The number of hydrogen-bond donors (Lipinski definition) is 1. The molecule has 0 radical (unpaired) electrons. The zero-order chi connectivity index (χ0) is 9.84. The average Bonchev–Trinajstić information content (AvgIpc) is 2.17. The summed E-state index contributed by atoms with van der Waals surface area (Å²) in [5.41, 5.74) is 1.57. The predicted octanol–water partition coefficient (Wildman–Crippen LogP) is 1.69. The van der Waals surface area contributed by atoms with Crippen LogP contribution in [0.15, 0.2) is 29.4 Å². The molecule has 1 rings (SSSR count). The lowest BCUT2D eigenvalue weighted by atomic mass is 10.1. The van der Waals surface area contributed by atoms with Gasteiger partial charge in [0.1, 0.15) is 0 Å². The van der Waals surface area contributed by atoms with Crippen LogP contribution in [-0.2, 0) is 0 Å². The zero-order valence-electron chi connectivity index (χ0n) is 7.12. The number of hydrogen-bond acceptors (Lipinski definition) is 3. The molecule has 0 amide bonds. The van der Waals surface area contributed by atoms with Gasteiger partial charge in [-0.05, 0) is 6.92 Å². The van der Waals surface area contributed by atoms with Crippen LogP contribution in [0.5, 0.6) is 0 Å². The third-order valence-corrected chi connectivity index (χ3v) is 1.88. The lowest BCUT2D eigenvalue weighted by Gasteiger charge is -1.97. The van der Waals surface area contributed by atoms with E-state index in [1.807, 2.05) is 19.1 Å². The van der Waals surface area contributed by atoms with Gasteiger partial charge in [-0.25, -0.2) is 0 Å². The Balaban J connectivity index is 2.97. The molecule has 4 heteroatoms. The van der Waals surface area contributed by atoms with Gasteiger partial charge in [0.2, 0.25) is 5.78 Å². The fraction of sp³-hybridized carbons (Fsp3) is 0.111. The molecule has 0 unspecified atom stereocenters. The summed E-state index contributed by atoms with van der Waals surface area (Å²) >= 11 is 5.47. The molecule has 0 saturated heterocycles. The number of aryl methyl sites for hydroxylation is 1. The normalized spacial score (nSPS) is 11.4. The van der Waals surface area contributed by atoms with E-state index in [1.165, 1.54) is 0 Å². The van der Waals surface area contributed by atoms with Crippen LogP contribution in [0.2, 0.25) is 0 Å². The lowest BCUT2D eigenvalue weighted by molar-refractivity contribution is 0.106. The van der Waals surface area contributed by atoms with E-state index in [0.29, 0.717) is 5.56 Å². The van der Waals surface area contributed by atoms with Crippen LogP contribution in [0.1, 0.15) is 15.9 Å². The SMILES string of the molecule is Cc1ccc(C(=O)C(Cl)=NN)cc1. The van der Waals surface area contributed by atoms with Gasteiger partial charge in [0.15, 0.2) is 5.17 Å². The van der Waals surface area contributed by atoms with Gasteiger partial charge in [0, 0.05) is 5.56 Å². The molecule has 0 aliphatic heterocycles. The average molecular weight is 197 g/mol. The molecule has 0 spiro atoms. The highest BCUT2D eigenvalue weighted by atomic mass is 35.5. The summed E-state index contributed by atoms with van der Waals surface area (Å²) in [4.78, 5) is 11.3. The number of benzene rings is 1. The van der Waals surface area contributed by atoms with E-state index in [2.05, 4.69) is 5.10 Å². The van der Waals surface area contributed by atoms with Gasteiger partial charge in [-0.2, -0.15) is 5.10 Å². The molecular weight excluding hydrogens is 188 g/mol. The van der Waals surface area contributed by atoms with E-state index in [0.717, 1.165) is 5.56 Å². The second-order valence-corrected chi connectivity index (χ2v) is 2.97. The van der Waals surface area contributed by atoms with E-state index in [-0.39, 0.29) is 11.0 Å². The number of carbonyl (C=O) groups excluding carboxylic acids is 1. The summed E-state index contributed by atoms with van der Waals surface area (Å²) in [6, 6.07) is 7.03. The summed E-state index contributed by atoms with van der Waals surface area (Å²) in [5.74, 6) is 4.52. The number of carbonyl (C=O) groups is 1. The van der Waals surface area contributed by atoms with Gasteiger partial charge < -0.3 is 5.84 Å². The molecule has 1 aromatic rings. The van der Waals surface area contributed by atoms with Crippen LogP contribution in [0.25, 0.3) is 0 Å². The molecule has 0 aliphatic rings. The first kappa shape index (κ1) is 9.74. The van der Waals surface area contributed by atoms with Crippen molar-refractivity contribution >= 4 is 22.6 Å². The molecule has 0 atom stereocenters. The first-order valence-electron chi connectivity index (χ1n) is 3.70. The Morgan fingerprint density at radius 2 is 1.92 bits per heavy atom. The van der Waals surface area contributed by atoms with E-state index in [4.69, 9.17) is 17.4 Å². The Labute approximate surface area is 81.2 Å². The third kappa shape index (κ3) is 2.29. The van der Waals surface area contributed by atoms with E-state index in [1.54, 1.807) is 12.1 Å². The molecular formula is C9H9ClN2O. The number of hydrazone groups is 1. The number of ketones is 1. The number of nitrogens with two attached hydrogens (primary N) is 1. The minimum absolute atomic E-state index is 0.205. The Bertz CT molecular complexity index is 343. The third-order valence-electron chi connectivity index (χ3n) is 1.61. The monoisotopic (exact) mass is 196 g/mol. The molecule has 0 fully saturated rings. The van der Waals surface area contributed by atoms with Crippen LogP contribution in [0.3, 0.4) is 0 Å². The summed E-state index contributed by atoms with van der Waals surface area (Å²) in [6.07, 6.45) is 0. The summed E-state index contributed by atoms with van der Waals surface area (Å²) in [7, 11) is 0. The van der Waals surface area contributed by atoms with Crippen LogP contribution in [-0.4, -0.2) is 11.0 Å². The topological polar surface area (TPSA) is 55.5 Å². The van der Waals surface area contributed by atoms with Crippen molar-refractivity contribution in [1.82, 2.24) is 0 Å². The molecule has 3 nitrogen and oxygen atoms in total. The highest BCUT2D eigenvalue weighted by Gasteiger charge is 2.10. The quantitative estimate of drug-likeness (QED) is 0.339. The first-order chi connectivity index (χ1) is 6.15. The van der Waals surface area contributed by atoms with Crippen molar-refractivity contribution in [3.63, 3.8) is 0 Å². The van der Waals surface area contributed by atoms with Crippen LogP contribution >= 0.6 is 11.6 Å². The predicted molar refractivity (Wildman–Crippen MR) is 53.0 cm³/mol. The Kier molecular flexibility index (Phi) is 3.03. The number of rotatable bonds is 2. The summed E-state index contributed by atoms with van der Waals surface area (Å²) < 4.78 is 0. The Morgan fingerprint density at radius 3 is 2.38 bits per heavy atom. The molecule has 1 aromatic carbocycles. The highest BCUT2D eigenvalue weighted by molar-refractivity contribution is 6.84. The van der Waals surface area contributed by atoms with Gasteiger partial charge in [0.25, 0.3) is 0 Å². The highest BCUT2D eigenvalue weighted by Crippen LogP contribution is 2.06. The Hall–Kier alpha value is -1.35. The van der Waals surface area contributed by atoms with Crippen molar-refractivity contribution in [2.24, 2.45) is 10.9 Å². The maximum atomic E-state index is 11.3. The van der Waals surface area contributed by atoms with Gasteiger partial charge in [-0.3, -0.25) is 4.79 Å². The van der Waals surface area contributed by atoms with Gasteiger partial charge in [-0.1, -0.05) is 41.4 Å². The second kappa shape index (κ2) is 4.05. The second-order valence-electron chi connectivity index (χ2n) is 2.62. The molecule has 68 valence electrons. The van der Waals surface area contributed by atoms with Gasteiger partial charge in [0.05, 0.1) is 0 Å². The first-order valence-corrected chi connectivity index (χ1v) is 4.07. The molecule has 0 heterocycles. The van der Waals surface area contributed by atoms with Crippen molar-refractivity contribution in [2.75, 3.05) is 0 Å². The van der Waals surface area contributed by atoms with Gasteiger partial charge in [-0.15, -0.1) is 0 Å². The fourth-order valence-corrected chi connectivity index (χ4v) is 0.992. The smallest absolute Gasteiger partial charge is 0.224 e. The van der Waals surface area contributed by atoms with Crippen LogP contribution in [0, 0.1) is 6.92 Å². The maximum Gasteiger partial charge on any atom is 0.224 e. The minimum atomic E-state index is -0.357. The van der Waals surface area contributed by atoms with Crippen LogP contribution < -0.4 is 5.84 Å². The van der Waals surface area contributed by atoms with Crippen molar-refractivity contribution in [2.45, 2.75) is 6.92 Å². The lowest BCUT2D eigenvalue weighted by Crippen LogP contribution is -2.09. The number of nitrogens with zero attached hydrogens (tertiary/aromatic N) is 1. The molecule has 0 bridgehead atoms. The molecule has 13 heavy (non-hydrogen) atoms. The minimum Gasteiger partial charge on any atom is -0.322 e. The van der Waals surface area contributed by atoms with E-state index in [9.17, 15) is 4.79 Å². The van der Waals surface area contributed by atoms with Crippen molar-refractivity contribution in [1.29, 1.82) is 0 Å². The van der Waals surface area contributed by atoms with Gasteiger partial charge >= 0.3 is 0 Å². The molecule has 0 aromatic heterocycles. The van der Waals surface area contributed by atoms with Crippen molar-refractivity contribution in [3.05, 3.63) is 35.4 Å². The maximum absolute atomic E-state index is 11.3. The standard InChI is InChI=1S/C9H9ClN2O/c1-6-2-4-7(5-3-6)8(13)9(10)12-11/h2-5H,11H2,1H3. The zero-order valence-corrected chi connectivity index (χ0v) is 7.88. The molecule has 2 N–H and O–H groups in total. The van der Waals surface area contributed by atoms with Crippen molar-refractivity contribution < 1.29 is 4.79 Å². The van der Waals surface area contributed by atoms with Crippen LogP contribution in [0.4, 0.5) is 0 Å². The van der Waals surface area contributed by atoms with Crippen molar-refractivity contribution in [3.8, 4) is 0 Å². The van der Waals surface area contributed by atoms with E-state index >= 15 is 0 Å². The Morgan fingerprint density at radius 1 is 1.38 bits per heavy atom. The largest absolute Gasteiger partial charge is 0.322 e. The molecule has 0 aliphatic carbocycles. The fourth-order valence-electron chi connectivity index (χ4n) is 0.883. The number of Topliss-reactive ketones (excluding diaryl/α,β-unsaturated/α-hetero) is 1.